The summed E-state index contributed by atoms with van der Waals surface area (Å²) in [7, 11) is -3.83. The lowest BCUT2D eigenvalue weighted by Gasteiger charge is -2.30. The van der Waals surface area contributed by atoms with Crippen LogP contribution in [-0.2, 0) is 10.0 Å². The first-order valence-electron chi connectivity index (χ1n) is 8.85. The zero-order valence-corrected chi connectivity index (χ0v) is 16.4. The smallest absolute Gasteiger partial charge is 0.312 e. The molecular weight excluding hydrogens is 386 g/mol. The second-order valence-electron chi connectivity index (χ2n) is 6.93. The largest absolute Gasteiger partial charge is 0.618 e. The molecule has 0 aliphatic carbocycles. The normalized spacial score (nSPS) is 18.0. The van der Waals surface area contributed by atoms with E-state index in [1.807, 2.05) is 6.92 Å². The second-order valence-corrected chi connectivity index (χ2v) is 8.87. The van der Waals surface area contributed by atoms with Crippen LogP contribution in [0.4, 0.5) is 5.69 Å². The summed E-state index contributed by atoms with van der Waals surface area (Å²) >= 11 is 0. The van der Waals surface area contributed by atoms with E-state index < -0.39 is 20.6 Å². The maximum absolute atomic E-state index is 12.9. The summed E-state index contributed by atoms with van der Waals surface area (Å²) in [5.41, 5.74) is -0.0387. The van der Waals surface area contributed by atoms with Crippen LogP contribution in [-0.4, -0.2) is 30.7 Å². The number of aryl methyl sites for hydroxylation is 1. The van der Waals surface area contributed by atoms with Crippen LogP contribution in [0, 0.1) is 28.2 Å². The van der Waals surface area contributed by atoms with Gasteiger partial charge in [0.2, 0.25) is 22.0 Å². The standard InChI is InChI=1S/C18H21N3O6S/c1-13-4-3-9-19(11-13)28(25,26)16-7-8-18(17(10-16)21(23)24)27-15-6-5-14(2)20(22)12-15/h5-8,10,12-13H,3-4,9,11H2,1-2H3. The third kappa shape index (κ3) is 4.07. The number of hydrogen-bond acceptors (Lipinski definition) is 6. The molecule has 1 aliphatic rings. The van der Waals surface area contributed by atoms with Crippen molar-refractivity contribution in [3.05, 3.63) is 57.5 Å². The third-order valence-electron chi connectivity index (χ3n) is 4.69. The number of sulfonamides is 1. The van der Waals surface area contributed by atoms with Gasteiger partial charge in [0.1, 0.15) is 0 Å². The Kier molecular flexibility index (Phi) is 5.52. The molecule has 3 rings (SSSR count). The molecule has 9 nitrogen and oxygen atoms in total. The first-order chi connectivity index (χ1) is 13.2. The van der Waals surface area contributed by atoms with Gasteiger partial charge in [0, 0.05) is 32.1 Å². The average molecular weight is 407 g/mol. The summed E-state index contributed by atoms with van der Waals surface area (Å²) in [4.78, 5) is 10.6. The Morgan fingerprint density at radius 2 is 2.04 bits per heavy atom. The first-order valence-corrected chi connectivity index (χ1v) is 10.3. The topological polar surface area (TPSA) is 117 Å². The van der Waals surface area contributed by atoms with Crippen molar-refractivity contribution in [3.63, 3.8) is 0 Å². The van der Waals surface area contributed by atoms with E-state index in [0.29, 0.717) is 23.5 Å². The lowest BCUT2D eigenvalue weighted by Crippen LogP contribution is -2.39. The Labute approximate surface area is 163 Å². The van der Waals surface area contributed by atoms with Gasteiger partial charge in [-0.3, -0.25) is 10.1 Å². The highest BCUT2D eigenvalue weighted by Crippen LogP contribution is 2.34. The maximum atomic E-state index is 12.9. The monoisotopic (exact) mass is 407 g/mol. The van der Waals surface area contributed by atoms with Crippen LogP contribution >= 0.6 is 0 Å². The van der Waals surface area contributed by atoms with E-state index in [9.17, 15) is 23.7 Å². The molecule has 0 saturated carbocycles. The number of pyridine rings is 1. The predicted molar refractivity (Wildman–Crippen MR) is 100 cm³/mol. The molecule has 1 aliphatic heterocycles. The van der Waals surface area contributed by atoms with Crippen molar-refractivity contribution in [2.24, 2.45) is 5.92 Å². The highest BCUT2D eigenvalue weighted by atomic mass is 32.2. The van der Waals surface area contributed by atoms with Gasteiger partial charge < -0.3 is 9.94 Å². The van der Waals surface area contributed by atoms with Gasteiger partial charge in [-0.2, -0.15) is 9.04 Å². The summed E-state index contributed by atoms with van der Waals surface area (Å²) in [6, 6.07) is 6.56. The van der Waals surface area contributed by atoms with E-state index in [0.717, 1.165) is 25.1 Å². The predicted octanol–water partition coefficient (Wildman–Crippen LogP) is 2.75. The van der Waals surface area contributed by atoms with Gasteiger partial charge in [-0.05, 0) is 37.0 Å². The van der Waals surface area contributed by atoms with Crippen molar-refractivity contribution in [3.8, 4) is 11.5 Å². The van der Waals surface area contributed by atoms with E-state index in [2.05, 4.69) is 0 Å². The fourth-order valence-corrected chi connectivity index (χ4v) is 4.74. The summed E-state index contributed by atoms with van der Waals surface area (Å²) in [6.07, 6.45) is 2.86. The van der Waals surface area contributed by atoms with E-state index in [4.69, 9.17) is 4.74 Å². The minimum Gasteiger partial charge on any atom is -0.618 e. The summed E-state index contributed by atoms with van der Waals surface area (Å²) < 4.78 is 33.2. The lowest BCUT2D eigenvalue weighted by molar-refractivity contribution is -0.612. The molecule has 2 aromatic rings. The number of ether oxygens (including phenoxy) is 1. The zero-order valence-electron chi connectivity index (χ0n) is 15.6. The molecule has 10 heteroatoms. The quantitative estimate of drug-likeness (QED) is 0.326. The van der Waals surface area contributed by atoms with Gasteiger partial charge in [-0.15, -0.1) is 0 Å². The minimum absolute atomic E-state index is 0.115. The Morgan fingerprint density at radius 3 is 2.68 bits per heavy atom. The molecule has 0 spiro atoms. The van der Waals surface area contributed by atoms with Gasteiger partial charge in [-0.1, -0.05) is 6.92 Å². The van der Waals surface area contributed by atoms with Gasteiger partial charge in [0.15, 0.2) is 11.4 Å². The highest BCUT2D eigenvalue weighted by Gasteiger charge is 2.31. The van der Waals surface area contributed by atoms with Crippen LogP contribution in [0.1, 0.15) is 25.5 Å². The van der Waals surface area contributed by atoms with Crippen LogP contribution in [0.25, 0.3) is 0 Å². The molecule has 1 atom stereocenters. The Bertz CT molecular complexity index is 1010. The maximum Gasteiger partial charge on any atom is 0.312 e. The number of nitrogens with zero attached hydrogens (tertiary/aromatic N) is 3. The summed E-state index contributed by atoms with van der Waals surface area (Å²) in [5.74, 6) is 0.213. The highest BCUT2D eigenvalue weighted by molar-refractivity contribution is 7.89. The lowest BCUT2D eigenvalue weighted by atomic mass is 10.0. The van der Waals surface area contributed by atoms with Gasteiger partial charge >= 0.3 is 5.69 Å². The summed E-state index contributed by atoms with van der Waals surface area (Å²) in [5, 5.41) is 23.1. The van der Waals surface area contributed by atoms with Crippen LogP contribution in [0.15, 0.2) is 41.4 Å². The molecule has 0 N–H and O–H groups in total. The van der Waals surface area contributed by atoms with Crippen molar-refractivity contribution in [1.29, 1.82) is 0 Å². The molecule has 1 fully saturated rings. The van der Waals surface area contributed by atoms with E-state index in [1.54, 1.807) is 6.92 Å². The number of hydrogen-bond donors (Lipinski definition) is 0. The SMILES string of the molecule is Cc1ccc(Oc2ccc(S(=O)(=O)N3CCCC(C)C3)cc2[N+](=O)[O-])c[n+]1[O-]. The molecule has 1 aromatic carbocycles. The number of nitro benzene ring substituents is 1. The minimum atomic E-state index is -3.83. The van der Waals surface area contributed by atoms with Crippen molar-refractivity contribution in [2.75, 3.05) is 13.1 Å². The molecule has 2 heterocycles. The van der Waals surface area contributed by atoms with Crippen molar-refractivity contribution < 1.29 is 22.8 Å². The van der Waals surface area contributed by atoms with Gasteiger partial charge in [0.05, 0.1) is 9.82 Å². The molecule has 1 aromatic heterocycles. The van der Waals surface area contributed by atoms with E-state index in [-0.39, 0.29) is 22.3 Å². The average Bonchev–Trinajstić information content (AvgIpc) is 2.64. The van der Waals surface area contributed by atoms with Crippen LogP contribution in [0.3, 0.4) is 0 Å². The second kappa shape index (κ2) is 7.72. The number of piperidine rings is 1. The molecule has 150 valence electrons. The Hall–Kier alpha value is -2.72. The number of nitro groups is 1. The van der Waals surface area contributed by atoms with Crippen molar-refractivity contribution >= 4 is 15.7 Å². The van der Waals surface area contributed by atoms with Crippen molar-refractivity contribution in [1.82, 2.24) is 4.31 Å². The first kappa shape index (κ1) is 20.0. The fraction of sp³-hybridized carbons (Fsp3) is 0.389. The van der Waals surface area contributed by atoms with Crippen molar-refractivity contribution in [2.45, 2.75) is 31.6 Å². The van der Waals surface area contributed by atoms with Crippen LogP contribution in [0.5, 0.6) is 11.5 Å². The third-order valence-corrected chi connectivity index (χ3v) is 6.55. The molecular formula is C18H21N3O6S. The molecule has 28 heavy (non-hydrogen) atoms. The zero-order chi connectivity index (χ0) is 20.5. The molecule has 0 radical (unpaired) electrons. The number of aromatic nitrogens is 1. The molecule has 1 unspecified atom stereocenters. The molecule has 1 saturated heterocycles. The van der Waals surface area contributed by atoms with E-state index >= 15 is 0 Å². The summed E-state index contributed by atoms with van der Waals surface area (Å²) in [6.45, 7) is 4.37. The fourth-order valence-electron chi connectivity index (χ4n) is 3.12. The van der Waals surface area contributed by atoms with Crippen LogP contribution in [0.2, 0.25) is 0 Å². The number of rotatable bonds is 5. The Balaban J connectivity index is 1.94. The van der Waals surface area contributed by atoms with Crippen LogP contribution < -0.4 is 9.47 Å². The molecule has 0 bridgehead atoms. The Morgan fingerprint density at radius 1 is 1.29 bits per heavy atom. The molecule has 0 amide bonds. The van der Waals surface area contributed by atoms with Gasteiger partial charge in [-0.25, -0.2) is 8.42 Å². The van der Waals surface area contributed by atoms with E-state index in [1.165, 1.54) is 28.6 Å². The van der Waals surface area contributed by atoms with Gasteiger partial charge in [0.25, 0.3) is 0 Å². The number of benzene rings is 1.